The summed E-state index contributed by atoms with van der Waals surface area (Å²) in [5.74, 6) is -0.129. The average Bonchev–Trinajstić information content (AvgIpc) is 2.78. The quantitative estimate of drug-likeness (QED) is 0.890. The van der Waals surface area contributed by atoms with E-state index in [9.17, 15) is 13.2 Å². The molecule has 17 heavy (non-hydrogen) atoms. The molecule has 0 radical (unpaired) electrons. The fourth-order valence-corrected chi connectivity index (χ4v) is 1.79. The maximum absolute atomic E-state index is 12.6. The van der Waals surface area contributed by atoms with Gasteiger partial charge in [-0.3, -0.25) is 0 Å². The molecular formula is C11H13F3N2O. The van der Waals surface area contributed by atoms with Gasteiger partial charge in [-0.05, 0) is 25.0 Å². The van der Waals surface area contributed by atoms with Crippen molar-refractivity contribution in [3.63, 3.8) is 0 Å². The highest BCUT2D eigenvalue weighted by atomic mass is 19.4. The van der Waals surface area contributed by atoms with Gasteiger partial charge in [0.25, 0.3) is 0 Å². The molecule has 1 fully saturated rings. The van der Waals surface area contributed by atoms with Crippen molar-refractivity contribution in [1.82, 2.24) is 4.98 Å². The molecule has 1 aromatic rings. The highest BCUT2D eigenvalue weighted by Crippen LogP contribution is 2.33. The Labute approximate surface area is 97.0 Å². The fraction of sp³-hybridized carbons (Fsp3) is 0.545. The summed E-state index contributed by atoms with van der Waals surface area (Å²) in [6, 6.07) is 2.30. The van der Waals surface area contributed by atoms with E-state index in [4.69, 9.17) is 4.74 Å². The van der Waals surface area contributed by atoms with Gasteiger partial charge in [-0.25, -0.2) is 4.98 Å². The smallest absolute Gasteiger partial charge is 0.376 e. The Hall–Kier alpha value is -1.30. The van der Waals surface area contributed by atoms with E-state index < -0.39 is 11.7 Å². The summed E-state index contributed by atoms with van der Waals surface area (Å²) in [5.41, 5.74) is -0.738. The summed E-state index contributed by atoms with van der Waals surface area (Å²) >= 11 is 0. The van der Waals surface area contributed by atoms with Crippen molar-refractivity contribution in [1.29, 1.82) is 0 Å². The summed E-state index contributed by atoms with van der Waals surface area (Å²) in [6.45, 7) is 1.04. The number of pyridine rings is 1. The van der Waals surface area contributed by atoms with Gasteiger partial charge in [0, 0.05) is 19.3 Å². The number of aromatic nitrogens is 1. The molecule has 0 aliphatic carbocycles. The zero-order chi connectivity index (χ0) is 12.3. The monoisotopic (exact) mass is 246 g/mol. The molecular weight excluding hydrogens is 233 g/mol. The van der Waals surface area contributed by atoms with Crippen LogP contribution in [0.15, 0.2) is 18.3 Å². The van der Waals surface area contributed by atoms with Crippen LogP contribution in [0.5, 0.6) is 0 Å². The second-order valence-electron chi connectivity index (χ2n) is 3.91. The molecule has 1 aliphatic heterocycles. The number of nitrogens with zero attached hydrogens (tertiary/aromatic N) is 1. The molecule has 2 rings (SSSR count). The van der Waals surface area contributed by atoms with E-state index in [0.717, 1.165) is 18.9 Å². The molecule has 0 aromatic carbocycles. The molecule has 3 nitrogen and oxygen atoms in total. The van der Waals surface area contributed by atoms with E-state index >= 15 is 0 Å². The van der Waals surface area contributed by atoms with Crippen molar-refractivity contribution in [2.45, 2.75) is 25.1 Å². The first kappa shape index (κ1) is 12.2. The summed E-state index contributed by atoms with van der Waals surface area (Å²) in [4.78, 5) is 3.72. The number of hydrogen-bond acceptors (Lipinski definition) is 3. The third-order valence-corrected chi connectivity index (χ3v) is 2.63. The van der Waals surface area contributed by atoms with E-state index in [2.05, 4.69) is 10.3 Å². The van der Waals surface area contributed by atoms with Crippen LogP contribution in [0.4, 0.5) is 19.0 Å². The highest BCUT2D eigenvalue weighted by Gasteiger charge is 2.34. The van der Waals surface area contributed by atoms with Gasteiger partial charge in [0.15, 0.2) is 0 Å². The van der Waals surface area contributed by atoms with Gasteiger partial charge in [0.05, 0.1) is 11.7 Å². The maximum atomic E-state index is 12.6. The Morgan fingerprint density at radius 1 is 1.47 bits per heavy atom. The number of anilines is 1. The molecule has 1 unspecified atom stereocenters. The predicted molar refractivity (Wildman–Crippen MR) is 56.7 cm³/mol. The second-order valence-corrected chi connectivity index (χ2v) is 3.91. The molecule has 1 aromatic heterocycles. The van der Waals surface area contributed by atoms with Gasteiger partial charge in [-0.15, -0.1) is 0 Å². The second kappa shape index (κ2) is 4.91. The highest BCUT2D eigenvalue weighted by molar-refractivity contribution is 5.45. The molecule has 0 spiro atoms. The largest absolute Gasteiger partial charge is 0.419 e. The van der Waals surface area contributed by atoms with Crippen LogP contribution >= 0.6 is 0 Å². The first-order valence-corrected chi connectivity index (χ1v) is 5.45. The Morgan fingerprint density at radius 3 is 2.94 bits per heavy atom. The third kappa shape index (κ3) is 3.09. The zero-order valence-electron chi connectivity index (χ0n) is 9.13. The molecule has 1 saturated heterocycles. The molecule has 1 atom stereocenters. The van der Waals surface area contributed by atoms with E-state index in [1.165, 1.54) is 12.3 Å². The standard InChI is InChI=1S/C11H13F3N2O/c12-11(13,14)9-4-1-5-15-10(9)16-7-8-3-2-6-17-8/h1,4-5,8H,2-3,6-7H2,(H,15,16). The SMILES string of the molecule is FC(F)(F)c1cccnc1NCC1CCCO1. The van der Waals surface area contributed by atoms with Crippen LogP contribution < -0.4 is 5.32 Å². The number of hydrogen-bond donors (Lipinski definition) is 1. The average molecular weight is 246 g/mol. The van der Waals surface area contributed by atoms with Crippen molar-refractivity contribution in [2.24, 2.45) is 0 Å². The van der Waals surface area contributed by atoms with Crippen LogP contribution in [0.25, 0.3) is 0 Å². The first-order chi connectivity index (χ1) is 8.07. The minimum atomic E-state index is -4.38. The van der Waals surface area contributed by atoms with Crippen LogP contribution in [0.2, 0.25) is 0 Å². The van der Waals surface area contributed by atoms with Gasteiger partial charge >= 0.3 is 6.18 Å². The van der Waals surface area contributed by atoms with Crippen molar-refractivity contribution in [2.75, 3.05) is 18.5 Å². The van der Waals surface area contributed by atoms with Crippen molar-refractivity contribution in [3.8, 4) is 0 Å². The summed E-state index contributed by atoms with van der Waals surface area (Å²) in [5, 5.41) is 2.71. The van der Waals surface area contributed by atoms with Gasteiger partial charge in [-0.2, -0.15) is 13.2 Å². The summed E-state index contributed by atoms with van der Waals surface area (Å²) in [6.07, 6.45) is -1.22. The van der Waals surface area contributed by atoms with Crippen LogP contribution in [-0.4, -0.2) is 24.2 Å². The fourth-order valence-electron chi connectivity index (χ4n) is 1.79. The van der Waals surface area contributed by atoms with E-state index in [1.807, 2.05) is 0 Å². The minimum absolute atomic E-state index is 0.0157. The molecule has 2 heterocycles. The molecule has 0 bridgehead atoms. The van der Waals surface area contributed by atoms with Crippen LogP contribution in [0.1, 0.15) is 18.4 Å². The lowest BCUT2D eigenvalue weighted by molar-refractivity contribution is -0.137. The number of nitrogens with one attached hydrogen (secondary N) is 1. The van der Waals surface area contributed by atoms with Crippen molar-refractivity contribution < 1.29 is 17.9 Å². The van der Waals surface area contributed by atoms with E-state index in [1.54, 1.807) is 0 Å². The van der Waals surface area contributed by atoms with Gasteiger partial charge in [0.2, 0.25) is 0 Å². The van der Waals surface area contributed by atoms with Crippen molar-refractivity contribution in [3.05, 3.63) is 23.9 Å². The Morgan fingerprint density at radius 2 is 2.29 bits per heavy atom. The maximum Gasteiger partial charge on any atom is 0.419 e. The number of alkyl halides is 3. The normalized spacial score (nSPS) is 20.5. The molecule has 0 saturated carbocycles. The minimum Gasteiger partial charge on any atom is -0.376 e. The van der Waals surface area contributed by atoms with Crippen LogP contribution in [0, 0.1) is 0 Å². The molecule has 6 heteroatoms. The third-order valence-electron chi connectivity index (χ3n) is 2.63. The number of rotatable bonds is 3. The predicted octanol–water partition coefficient (Wildman–Crippen LogP) is 2.69. The zero-order valence-corrected chi connectivity index (χ0v) is 9.13. The molecule has 1 N–H and O–H groups in total. The lowest BCUT2D eigenvalue weighted by Gasteiger charge is -2.15. The topological polar surface area (TPSA) is 34.2 Å². The summed E-state index contributed by atoms with van der Waals surface area (Å²) in [7, 11) is 0. The van der Waals surface area contributed by atoms with E-state index in [-0.39, 0.29) is 11.9 Å². The lowest BCUT2D eigenvalue weighted by Crippen LogP contribution is -2.21. The van der Waals surface area contributed by atoms with Gasteiger partial charge in [0.1, 0.15) is 5.82 Å². The Balaban J connectivity index is 2.04. The van der Waals surface area contributed by atoms with Crippen molar-refractivity contribution >= 4 is 5.82 Å². The molecule has 0 amide bonds. The van der Waals surface area contributed by atoms with Gasteiger partial charge in [-0.1, -0.05) is 0 Å². The number of halogens is 3. The van der Waals surface area contributed by atoms with Crippen LogP contribution in [-0.2, 0) is 10.9 Å². The first-order valence-electron chi connectivity index (χ1n) is 5.45. The van der Waals surface area contributed by atoms with E-state index in [0.29, 0.717) is 13.2 Å². The number of ether oxygens (including phenoxy) is 1. The summed E-state index contributed by atoms with van der Waals surface area (Å²) < 4.78 is 43.2. The Bertz CT molecular complexity index is 375. The van der Waals surface area contributed by atoms with Gasteiger partial charge < -0.3 is 10.1 Å². The van der Waals surface area contributed by atoms with Crippen LogP contribution in [0.3, 0.4) is 0 Å². The molecule has 1 aliphatic rings. The Kier molecular flexibility index (Phi) is 3.51. The molecule has 94 valence electrons. The lowest BCUT2D eigenvalue weighted by atomic mass is 10.2.